The SMILES string of the molecule is Nc1cc(C(F)(F)F)ccc1NCCC1CCC1. The van der Waals surface area contributed by atoms with Crippen LogP contribution >= 0.6 is 0 Å². The Balaban J connectivity index is 1.92. The second-order valence-corrected chi connectivity index (χ2v) is 4.81. The number of nitrogens with one attached hydrogen (secondary N) is 1. The van der Waals surface area contributed by atoms with Crippen LogP contribution in [-0.2, 0) is 6.18 Å². The van der Waals surface area contributed by atoms with Gasteiger partial charge < -0.3 is 11.1 Å². The number of hydrogen-bond acceptors (Lipinski definition) is 2. The quantitative estimate of drug-likeness (QED) is 0.804. The number of benzene rings is 1. The summed E-state index contributed by atoms with van der Waals surface area (Å²) in [6, 6.07) is 3.44. The van der Waals surface area contributed by atoms with Gasteiger partial charge in [-0.05, 0) is 30.5 Å². The molecule has 2 nitrogen and oxygen atoms in total. The molecule has 0 aliphatic heterocycles. The Bertz CT molecular complexity index is 411. The van der Waals surface area contributed by atoms with E-state index in [2.05, 4.69) is 5.32 Å². The van der Waals surface area contributed by atoms with Crippen molar-refractivity contribution < 1.29 is 13.2 Å². The predicted octanol–water partition coefficient (Wildman–Crippen LogP) is 3.89. The minimum atomic E-state index is -4.33. The third kappa shape index (κ3) is 3.09. The van der Waals surface area contributed by atoms with Crippen molar-refractivity contribution in [3.8, 4) is 0 Å². The molecule has 1 aromatic rings. The van der Waals surface area contributed by atoms with Crippen molar-refractivity contribution in [1.82, 2.24) is 0 Å². The average Bonchev–Trinajstić information content (AvgIpc) is 2.22. The van der Waals surface area contributed by atoms with E-state index < -0.39 is 11.7 Å². The lowest BCUT2D eigenvalue weighted by molar-refractivity contribution is -0.137. The predicted molar refractivity (Wildman–Crippen MR) is 66.3 cm³/mol. The Morgan fingerprint density at radius 2 is 2.00 bits per heavy atom. The fraction of sp³-hybridized carbons (Fsp3) is 0.538. The van der Waals surface area contributed by atoms with Crippen LogP contribution in [0.15, 0.2) is 18.2 Å². The molecule has 0 saturated heterocycles. The average molecular weight is 258 g/mol. The largest absolute Gasteiger partial charge is 0.416 e. The summed E-state index contributed by atoms with van der Waals surface area (Å²) < 4.78 is 37.3. The Hall–Kier alpha value is -1.39. The molecule has 1 fully saturated rings. The fourth-order valence-corrected chi connectivity index (χ4v) is 2.09. The summed E-state index contributed by atoms with van der Waals surface area (Å²) in [7, 11) is 0. The van der Waals surface area contributed by atoms with Gasteiger partial charge >= 0.3 is 6.18 Å². The molecule has 3 N–H and O–H groups in total. The molecular formula is C13H17F3N2. The van der Waals surface area contributed by atoms with E-state index >= 15 is 0 Å². The van der Waals surface area contributed by atoms with Crippen molar-refractivity contribution in [2.24, 2.45) is 5.92 Å². The zero-order valence-corrected chi connectivity index (χ0v) is 10.1. The lowest BCUT2D eigenvalue weighted by atomic mass is 9.83. The third-order valence-electron chi connectivity index (χ3n) is 3.47. The van der Waals surface area contributed by atoms with E-state index in [0.717, 1.165) is 31.0 Å². The molecule has 2 rings (SSSR count). The van der Waals surface area contributed by atoms with E-state index in [0.29, 0.717) is 5.69 Å². The van der Waals surface area contributed by atoms with Crippen LogP contribution in [0.2, 0.25) is 0 Å². The van der Waals surface area contributed by atoms with Gasteiger partial charge in [-0.3, -0.25) is 0 Å². The number of alkyl halides is 3. The molecule has 1 saturated carbocycles. The Labute approximate surface area is 104 Å². The summed E-state index contributed by atoms with van der Waals surface area (Å²) >= 11 is 0. The van der Waals surface area contributed by atoms with Crippen LogP contribution in [0.1, 0.15) is 31.2 Å². The van der Waals surface area contributed by atoms with Gasteiger partial charge in [0.1, 0.15) is 0 Å². The zero-order valence-electron chi connectivity index (χ0n) is 10.1. The Morgan fingerprint density at radius 1 is 1.28 bits per heavy atom. The Morgan fingerprint density at radius 3 is 2.50 bits per heavy atom. The van der Waals surface area contributed by atoms with E-state index in [1.165, 1.54) is 25.3 Å². The van der Waals surface area contributed by atoms with E-state index in [1.807, 2.05) is 0 Å². The lowest BCUT2D eigenvalue weighted by Gasteiger charge is -2.25. The van der Waals surface area contributed by atoms with Crippen molar-refractivity contribution >= 4 is 11.4 Å². The fourth-order valence-electron chi connectivity index (χ4n) is 2.09. The maximum atomic E-state index is 12.4. The first kappa shape index (κ1) is 13.1. The van der Waals surface area contributed by atoms with E-state index in [1.54, 1.807) is 0 Å². The van der Waals surface area contributed by atoms with Crippen molar-refractivity contribution in [2.45, 2.75) is 31.9 Å². The first-order valence-corrected chi connectivity index (χ1v) is 6.17. The number of nitrogens with two attached hydrogens (primary N) is 1. The number of nitrogen functional groups attached to an aromatic ring is 1. The van der Waals surface area contributed by atoms with Gasteiger partial charge in [0, 0.05) is 6.54 Å². The highest BCUT2D eigenvalue weighted by Crippen LogP contribution is 2.33. The molecule has 1 aliphatic rings. The summed E-state index contributed by atoms with van der Waals surface area (Å²) in [5.74, 6) is 0.771. The minimum Gasteiger partial charge on any atom is -0.397 e. The molecular weight excluding hydrogens is 241 g/mol. The maximum Gasteiger partial charge on any atom is 0.416 e. The van der Waals surface area contributed by atoms with Crippen LogP contribution in [-0.4, -0.2) is 6.54 Å². The lowest BCUT2D eigenvalue weighted by Crippen LogP contribution is -2.16. The zero-order chi connectivity index (χ0) is 13.2. The highest BCUT2D eigenvalue weighted by Gasteiger charge is 2.30. The van der Waals surface area contributed by atoms with Crippen LogP contribution in [0.4, 0.5) is 24.5 Å². The third-order valence-corrected chi connectivity index (χ3v) is 3.47. The van der Waals surface area contributed by atoms with Crippen LogP contribution in [0.5, 0.6) is 0 Å². The highest BCUT2D eigenvalue weighted by molar-refractivity contribution is 5.67. The van der Waals surface area contributed by atoms with Crippen LogP contribution in [0, 0.1) is 5.92 Å². The van der Waals surface area contributed by atoms with Gasteiger partial charge in [0.05, 0.1) is 16.9 Å². The van der Waals surface area contributed by atoms with Gasteiger partial charge in [0.2, 0.25) is 0 Å². The van der Waals surface area contributed by atoms with E-state index in [9.17, 15) is 13.2 Å². The standard InChI is InChI=1S/C13H17F3N2/c14-13(15,16)10-4-5-12(11(17)8-10)18-7-6-9-2-1-3-9/h4-5,8-9,18H,1-3,6-7,17H2. The van der Waals surface area contributed by atoms with E-state index in [4.69, 9.17) is 5.73 Å². The monoisotopic (exact) mass is 258 g/mol. The smallest absolute Gasteiger partial charge is 0.397 e. The summed E-state index contributed by atoms with van der Waals surface area (Å²) in [6.45, 7) is 0.764. The molecule has 18 heavy (non-hydrogen) atoms. The van der Waals surface area contributed by atoms with Gasteiger partial charge in [-0.25, -0.2) is 0 Å². The molecule has 100 valence electrons. The van der Waals surface area contributed by atoms with Gasteiger partial charge in [-0.1, -0.05) is 19.3 Å². The first-order valence-electron chi connectivity index (χ1n) is 6.17. The highest BCUT2D eigenvalue weighted by atomic mass is 19.4. The molecule has 1 aromatic carbocycles. The molecule has 0 amide bonds. The molecule has 0 radical (unpaired) electrons. The van der Waals surface area contributed by atoms with Gasteiger partial charge in [0.15, 0.2) is 0 Å². The molecule has 0 aromatic heterocycles. The molecule has 0 heterocycles. The summed E-state index contributed by atoms with van der Waals surface area (Å²) in [6.07, 6.45) is 0.556. The number of rotatable bonds is 4. The summed E-state index contributed by atoms with van der Waals surface area (Å²) in [5.41, 5.74) is 5.65. The second-order valence-electron chi connectivity index (χ2n) is 4.81. The number of hydrogen-bond donors (Lipinski definition) is 2. The summed E-state index contributed by atoms with van der Waals surface area (Å²) in [5, 5.41) is 3.10. The van der Waals surface area contributed by atoms with Gasteiger partial charge in [-0.2, -0.15) is 13.2 Å². The van der Waals surface area contributed by atoms with Gasteiger partial charge in [-0.15, -0.1) is 0 Å². The maximum absolute atomic E-state index is 12.4. The molecule has 5 heteroatoms. The molecule has 0 unspecified atom stereocenters. The van der Waals surface area contributed by atoms with Crippen LogP contribution < -0.4 is 11.1 Å². The minimum absolute atomic E-state index is 0.151. The number of anilines is 2. The van der Waals surface area contributed by atoms with Crippen LogP contribution in [0.3, 0.4) is 0 Å². The van der Waals surface area contributed by atoms with Crippen molar-refractivity contribution in [3.05, 3.63) is 23.8 Å². The summed E-state index contributed by atoms with van der Waals surface area (Å²) in [4.78, 5) is 0. The first-order chi connectivity index (χ1) is 8.47. The molecule has 0 spiro atoms. The van der Waals surface area contributed by atoms with Crippen molar-refractivity contribution in [2.75, 3.05) is 17.6 Å². The molecule has 1 aliphatic carbocycles. The van der Waals surface area contributed by atoms with Crippen molar-refractivity contribution in [1.29, 1.82) is 0 Å². The van der Waals surface area contributed by atoms with Crippen molar-refractivity contribution in [3.63, 3.8) is 0 Å². The van der Waals surface area contributed by atoms with Gasteiger partial charge in [0.25, 0.3) is 0 Å². The molecule has 0 bridgehead atoms. The Kier molecular flexibility index (Phi) is 3.68. The molecule has 0 atom stereocenters. The topological polar surface area (TPSA) is 38.0 Å². The number of halogens is 3. The van der Waals surface area contributed by atoms with Crippen LogP contribution in [0.25, 0.3) is 0 Å². The second kappa shape index (κ2) is 5.08. The normalized spacial score (nSPS) is 16.4. The van der Waals surface area contributed by atoms with E-state index in [-0.39, 0.29) is 5.69 Å².